The summed E-state index contributed by atoms with van der Waals surface area (Å²) < 4.78 is 38.3. The van der Waals surface area contributed by atoms with Gasteiger partial charge in [0, 0.05) is 38.4 Å². The van der Waals surface area contributed by atoms with E-state index in [1.807, 2.05) is 4.90 Å². The Bertz CT molecular complexity index is 531. The van der Waals surface area contributed by atoms with Gasteiger partial charge in [0.1, 0.15) is 0 Å². The number of aliphatic hydroxyl groups is 1. The van der Waals surface area contributed by atoms with Gasteiger partial charge in [0.25, 0.3) is 0 Å². The second-order valence-corrected chi connectivity index (χ2v) is 4.89. The minimum absolute atomic E-state index is 0.0961. The van der Waals surface area contributed by atoms with E-state index in [1.165, 1.54) is 12.1 Å². The summed E-state index contributed by atoms with van der Waals surface area (Å²) in [4.78, 5) is 4.04. The Morgan fingerprint density at radius 1 is 1.19 bits per heavy atom. The molecule has 0 saturated carbocycles. The topological polar surface area (TPSA) is 50.5 Å². The maximum absolute atomic E-state index is 12.8. The van der Waals surface area contributed by atoms with E-state index in [9.17, 15) is 13.2 Å². The predicted molar refractivity (Wildman–Crippen MR) is 71.9 cm³/mol. The number of hydrogen-bond acceptors (Lipinski definition) is 4. The Hall–Kier alpha value is -1.78. The van der Waals surface area contributed by atoms with Gasteiger partial charge >= 0.3 is 6.18 Å². The van der Waals surface area contributed by atoms with Crippen LogP contribution in [-0.4, -0.2) is 49.3 Å². The van der Waals surface area contributed by atoms with Crippen molar-refractivity contribution < 1.29 is 18.3 Å². The van der Waals surface area contributed by atoms with Crippen LogP contribution >= 0.6 is 0 Å². The predicted octanol–water partition coefficient (Wildman–Crippen LogP) is 1.69. The monoisotopic (exact) mass is 299 g/mol. The minimum atomic E-state index is -4.51. The van der Waals surface area contributed by atoms with E-state index >= 15 is 0 Å². The summed E-state index contributed by atoms with van der Waals surface area (Å²) in [5.74, 6) is 0. The highest BCUT2D eigenvalue weighted by Crippen LogP contribution is 2.33. The van der Waals surface area contributed by atoms with Gasteiger partial charge in [-0.05, 0) is 18.2 Å². The molecule has 21 heavy (non-hydrogen) atoms. The molecule has 0 atom stereocenters. The summed E-state index contributed by atoms with van der Waals surface area (Å²) in [5, 5.41) is 17.8. The number of anilines is 1. The van der Waals surface area contributed by atoms with Crippen molar-refractivity contribution in [3.63, 3.8) is 0 Å². The van der Waals surface area contributed by atoms with E-state index < -0.39 is 11.7 Å². The second-order valence-electron chi connectivity index (χ2n) is 4.89. The Kier molecular flexibility index (Phi) is 4.70. The van der Waals surface area contributed by atoms with Crippen LogP contribution < -0.4 is 4.90 Å². The zero-order chi connectivity index (χ0) is 15.5. The average Bonchev–Trinajstić information content (AvgIpc) is 2.47. The molecule has 0 unspecified atom stereocenters. The Balaban J connectivity index is 2.14. The van der Waals surface area contributed by atoms with Crippen LogP contribution in [0.5, 0.6) is 0 Å². The zero-order valence-electron chi connectivity index (χ0n) is 11.4. The third kappa shape index (κ3) is 3.65. The lowest BCUT2D eigenvalue weighted by Gasteiger charge is -2.36. The molecule has 0 aromatic heterocycles. The van der Waals surface area contributed by atoms with Crippen LogP contribution in [0.1, 0.15) is 11.1 Å². The number of nitrogens with zero attached hydrogens (tertiary/aromatic N) is 3. The normalized spacial score (nSPS) is 16.8. The first kappa shape index (κ1) is 15.6. The van der Waals surface area contributed by atoms with E-state index in [-0.39, 0.29) is 12.2 Å². The molecule has 1 aromatic rings. The second kappa shape index (κ2) is 6.33. The van der Waals surface area contributed by atoms with Crippen molar-refractivity contribution in [1.82, 2.24) is 4.90 Å². The number of benzene rings is 1. The molecule has 2 rings (SSSR count). The first-order chi connectivity index (χ1) is 9.95. The highest BCUT2D eigenvalue weighted by atomic mass is 19.4. The summed E-state index contributed by atoms with van der Waals surface area (Å²) in [6.45, 7) is 3.50. The smallest absolute Gasteiger partial charge is 0.395 e. The van der Waals surface area contributed by atoms with Crippen molar-refractivity contribution in [2.75, 3.05) is 44.2 Å². The fourth-order valence-corrected chi connectivity index (χ4v) is 2.44. The maximum atomic E-state index is 12.8. The van der Waals surface area contributed by atoms with Crippen molar-refractivity contribution in [1.29, 1.82) is 5.26 Å². The lowest BCUT2D eigenvalue weighted by Crippen LogP contribution is -2.47. The largest absolute Gasteiger partial charge is 0.417 e. The third-order valence-corrected chi connectivity index (χ3v) is 3.58. The van der Waals surface area contributed by atoms with Gasteiger partial charge in [0.2, 0.25) is 0 Å². The van der Waals surface area contributed by atoms with Crippen LogP contribution in [0.4, 0.5) is 18.9 Å². The molecule has 0 radical (unpaired) electrons. The minimum Gasteiger partial charge on any atom is -0.395 e. The number of halogens is 3. The summed E-state index contributed by atoms with van der Waals surface area (Å²) in [5.41, 5.74) is -0.617. The fourth-order valence-electron chi connectivity index (χ4n) is 2.44. The molecule has 1 fully saturated rings. The maximum Gasteiger partial charge on any atom is 0.417 e. The van der Waals surface area contributed by atoms with E-state index in [0.717, 1.165) is 19.2 Å². The van der Waals surface area contributed by atoms with Crippen molar-refractivity contribution >= 4 is 5.69 Å². The summed E-state index contributed by atoms with van der Waals surface area (Å²) in [6.07, 6.45) is -4.51. The van der Waals surface area contributed by atoms with E-state index in [0.29, 0.717) is 25.3 Å². The number of nitriles is 1. The van der Waals surface area contributed by atoms with Crippen LogP contribution in [0.15, 0.2) is 18.2 Å². The van der Waals surface area contributed by atoms with Crippen LogP contribution in [0.2, 0.25) is 0 Å². The highest BCUT2D eigenvalue weighted by molar-refractivity contribution is 5.55. The molecule has 4 nitrogen and oxygen atoms in total. The van der Waals surface area contributed by atoms with Gasteiger partial charge in [-0.25, -0.2) is 0 Å². The number of alkyl halides is 3. The van der Waals surface area contributed by atoms with Crippen molar-refractivity contribution in [3.8, 4) is 6.07 Å². The van der Waals surface area contributed by atoms with Gasteiger partial charge < -0.3 is 10.0 Å². The number of aliphatic hydroxyl groups excluding tert-OH is 1. The van der Waals surface area contributed by atoms with Gasteiger partial charge in [0.15, 0.2) is 0 Å². The van der Waals surface area contributed by atoms with Crippen LogP contribution in [0.25, 0.3) is 0 Å². The standard InChI is InChI=1S/C14H16F3N3O/c15-14(16,17)13-2-1-12(9-11(13)10-18)20-5-3-19(4-6-20)7-8-21/h1-2,9,21H,3-8H2. The van der Waals surface area contributed by atoms with Crippen LogP contribution in [0, 0.1) is 11.3 Å². The molecule has 7 heteroatoms. The zero-order valence-corrected chi connectivity index (χ0v) is 11.4. The summed E-state index contributed by atoms with van der Waals surface area (Å²) in [6, 6.07) is 5.29. The number of hydrogen-bond donors (Lipinski definition) is 1. The van der Waals surface area contributed by atoms with E-state index in [2.05, 4.69) is 4.90 Å². The van der Waals surface area contributed by atoms with Gasteiger partial charge in [-0.1, -0.05) is 0 Å². The molecule has 0 amide bonds. The third-order valence-electron chi connectivity index (χ3n) is 3.58. The molecule has 1 aliphatic heterocycles. The molecule has 0 bridgehead atoms. The first-order valence-corrected chi connectivity index (χ1v) is 6.65. The van der Waals surface area contributed by atoms with E-state index in [1.54, 1.807) is 6.07 Å². The lowest BCUT2D eigenvalue weighted by molar-refractivity contribution is -0.137. The molecular formula is C14H16F3N3O. The average molecular weight is 299 g/mol. The summed E-state index contributed by atoms with van der Waals surface area (Å²) >= 11 is 0. The summed E-state index contributed by atoms with van der Waals surface area (Å²) in [7, 11) is 0. The molecule has 0 spiro atoms. The molecule has 0 aliphatic carbocycles. The number of piperazine rings is 1. The molecule has 1 aromatic carbocycles. The molecule has 1 heterocycles. The van der Waals surface area contributed by atoms with Crippen molar-refractivity contribution in [2.24, 2.45) is 0 Å². The SMILES string of the molecule is N#Cc1cc(N2CCN(CCO)CC2)ccc1C(F)(F)F. The lowest BCUT2D eigenvalue weighted by atomic mass is 10.1. The molecule has 114 valence electrons. The van der Waals surface area contributed by atoms with E-state index in [4.69, 9.17) is 10.4 Å². The van der Waals surface area contributed by atoms with Gasteiger partial charge in [-0.3, -0.25) is 4.90 Å². The van der Waals surface area contributed by atoms with Gasteiger partial charge in [-0.2, -0.15) is 18.4 Å². The fraction of sp³-hybridized carbons (Fsp3) is 0.500. The first-order valence-electron chi connectivity index (χ1n) is 6.65. The molecule has 1 N–H and O–H groups in total. The molecular weight excluding hydrogens is 283 g/mol. The van der Waals surface area contributed by atoms with Gasteiger partial charge in [0.05, 0.1) is 23.8 Å². The van der Waals surface area contributed by atoms with Crippen LogP contribution in [-0.2, 0) is 6.18 Å². The quantitative estimate of drug-likeness (QED) is 0.923. The van der Waals surface area contributed by atoms with Crippen molar-refractivity contribution in [3.05, 3.63) is 29.3 Å². The molecule has 1 saturated heterocycles. The highest BCUT2D eigenvalue weighted by Gasteiger charge is 2.33. The van der Waals surface area contributed by atoms with Crippen LogP contribution in [0.3, 0.4) is 0 Å². The Labute approximate surface area is 121 Å². The Morgan fingerprint density at radius 2 is 1.86 bits per heavy atom. The Morgan fingerprint density at radius 3 is 2.38 bits per heavy atom. The van der Waals surface area contributed by atoms with Crippen molar-refractivity contribution in [2.45, 2.75) is 6.18 Å². The number of rotatable bonds is 3. The molecule has 1 aliphatic rings. The van der Waals surface area contributed by atoms with Gasteiger partial charge in [-0.15, -0.1) is 0 Å². The number of β-amino-alcohol motifs (C(OH)–C–C–N with tert-alkyl or cyclic N) is 1.